The minimum atomic E-state index is -3.14. The second-order valence-electron chi connectivity index (χ2n) is 13.5. The number of nitrogens with one attached hydrogen (secondary N) is 1. The summed E-state index contributed by atoms with van der Waals surface area (Å²) in [5.74, 6) is -0.711. The Morgan fingerprint density at radius 2 is 1.54 bits per heavy atom. The number of carbonyl (C=O) groups is 1. The van der Waals surface area contributed by atoms with Gasteiger partial charge >= 0.3 is 0 Å². The molecular formula is C35H34Cl2N8O2Si. The predicted molar refractivity (Wildman–Crippen MR) is 189 cm³/mol. The molecule has 0 fully saturated rings. The number of hydrogen-bond donors (Lipinski definition) is 1. The van der Waals surface area contributed by atoms with Crippen LogP contribution in [0.15, 0.2) is 97.6 Å². The van der Waals surface area contributed by atoms with E-state index in [1.165, 1.54) is 23.4 Å². The van der Waals surface area contributed by atoms with Crippen LogP contribution in [0.25, 0.3) is 11.5 Å². The Kier molecular flexibility index (Phi) is 7.98. The van der Waals surface area contributed by atoms with E-state index in [4.69, 9.17) is 27.6 Å². The quantitative estimate of drug-likeness (QED) is 0.205. The van der Waals surface area contributed by atoms with Gasteiger partial charge in [0.1, 0.15) is 0 Å². The number of amides is 1. The third-order valence-electron chi connectivity index (χ3n) is 9.14. The lowest BCUT2D eigenvalue weighted by Gasteiger charge is -2.47. The van der Waals surface area contributed by atoms with Crippen molar-refractivity contribution in [3.8, 4) is 5.82 Å². The highest BCUT2D eigenvalue weighted by Gasteiger charge is 2.59. The van der Waals surface area contributed by atoms with Crippen molar-refractivity contribution in [1.82, 2.24) is 34.6 Å². The fourth-order valence-corrected chi connectivity index (χ4v) is 12.3. The van der Waals surface area contributed by atoms with Gasteiger partial charge in [-0.15, -0.1) is 4.80 Å². The maximum atomic E-state index is 14.7. The van der Waals surface area contributed by atoms with Crippen molar-refractivity contribution in [3.63, 3.8) is 0 Å². The number of anilines is 1. The normalized spacial score (nSPS) is 17.4. The van der Waals surface area contributed by atoms with Gasteiger partial charge in [0.05, 0.1) is 47.0 Å². The average molecular weight is 698 g/mol. The molecule has 10 nitrogen and oxygen atoms in total. The lowest BCUT2D eigenvalue weighted by Crippen LogP contribution is -2.69. The van der Waals surface area contributed by atoms with E-state index in [1.54, 1.807) is 22.8 Å². The summed E-state index contributed by atoms with van der Waals surface area (Å²) >= 11 is 13.0. The van der Waals surface area contributed by atoms with E-state index in [1.807, 2.05) is 36.4 Å². The first-order valence-corrected chi connectivity index (χ1v) is 18.2. The number of carbonyl (C=O) groups excluding carboxylic acids is 1. The SMILES string of the molecule is CC1(C)c2c(cnc3cc(Cl)nn23)C(C(=O)Nc2cnc(-n3nccn3)c(Cl)c2)C1O[Si](c1ccccc1)(c1ccccc1)C(C)(C)C. The Morgan fingerprint density at radius 1 is 0.917 bits per heavy atom. The van der Waals surface area contributed by atoms with Crippen LogP contribution in [0, 0.1) is 0 Å². The maximum absolute atomic E-state index is 14.7. The summed E-state index contributed by atoms with van der Waals surface area (Å²) in [6, 6.07) is 24.1. The van der Waals surface area contributed by atoms with E-state index < -0.39 is 25.8 Å². The van der Waals surface area contributed by atoms with Crippen molar-refractivity contribution in [2.45, 2.75) is 57.1 Å². The molecule has 1 aliphatic rings. The number of hydrogen-bond acceptors (Lipinski definition) is 7. The zero-order chi connectivity index (χ0) is 33.8. The molecule has 0 spiro atoms. The molecule has 1 aliphatic carbocycles. The molecule has 4 heterocycles. The molecule has 0 saturated carbocycles. The van der Waals surface area contributed by atoms with Crippen LogP contribution in [-0.4, -0.2) is 54.9 Å². The van der Waals surface area contributed by atoms with E-state index in [2.05, 4.69) is 89.5 Å². The Morgan fingerprint density at radius 3 is 2.12 bits per heavy atom. The maximum Gasteiger partial charge on any atom is 0.261 e. The van der Waals surface area contributed by atoms with Gasteiger partial charge in [0, 0.05) is 23.2 Å². The topological polar surface area (TPSA) is 112 Å². The van der Waals surface area contributed by atoms with Crippen molar-refractivity contribution in [3.05, 3.63) is 119 Å². The van der Waals surface area contributed by atoms with Gasteiger partial charge in [0.25, 0.3) is 8.32 Å². The summed E-state index contributed by atoms with van der Waals surface area (Å²) in [6.45, 7) is 10.9. The molecule has 7 rings (SSSR count). The molecule has 0 saturated heterocycles. The first-order chi connectivity index (χ1) is 22.9. The van der Waals surface area contributed by atoms with Gasteiger partial charge in [0.2, 0.25) is 5.91 Å². The highest BCUT2D eigenvalue weighted by molar-refractivity contribution is 6.99. The van der Waals surface area contributed by atoms with Gasteiger partial charge < -0.3 is 9.74 Å². The van der Waals surface area contributed by atoms with Crippen LogP contribution >= 0.6 is 23.2 Å². The molecule has 0 aliphatic heterocycles. The van der Waals surface area contributed by atoms with Gasteiger partial charge in [-0.2, -0.15) is 15.3 Å². The Hall–Kier alpha value is -4.42. The van der Waals surface area contributed by atoms with Gasteiger partial charge in [0.15, 0.2) is 16.6 Å². The molecule has 1 N–H and O–H groups in total. The van der Waals surface area contributed by atoms with Crippen molar-refractivity contribution in [2.24, 2.45) is 0 Å². The average Bonchev–Trinajstić information content (AvgIpc) is 3.76. The molecule has 1 amide bonds. The zero-order valence-electron chi connectivity index (χ0n) is 27.1. The van der Waals surface area contributed by atoms with E-state index >= 15 is 0 Å². The first-order valence-electron chi connectivity index (χ1n) is 15.6. The molecule has 2 unspecified atom stereocenters. The molecule has 4 aromatic heterocycles. The third-order valence-corrected chi connectivity index (χ3v) is 14.6. The summed E-state index contributed by atoms with van der Waals surface area (Å²) in [5.41, 5.74) is 1.83. The number of nitrogens with zero attached hydrogens (tertiary/aromatic N) is 7. The number of pyridine rings is 1. The largest absolute Gasteiger partial charge is 0.402 e. The third kappa shape index (κ3) is 5.21. The monoisotopic (exact) mass is 696 g/mol. The van der Waals surface area contributed by atoms with Crippen molar-refractivity contribution in [1.29, 1.82) is 0 Å². The Labute approximate surface area is 289 Å². The summed E-state index contributed by atoms with van der Waals surface area (Å²) in [6.07, 6.45) is 5.73. The van der Waals surface area contributed by atoms with Crippen molar-refractivity contribution in [2.75, 3.05) is 5.32 Å². The van der Waals surface area contributed by atoms with Gasteiger partial charge in [-0.05, 0) is 21.5 Å². The van der Waals surface area contributed by atoms with Crippen LogP contribution < -0.4 is 15.7 Å². The Balaban J connectivity index is 1.39. The zero-order valence-corrected chi connectivity index (χ0v) is 29.6. The Bertz CT molecular complexity index is 2080. The number of halogens is 2. The highest BCUT2D eigenvalue weighted by atomic mass is 35.5. The molecule has 6 aromatic rings. The van der Waals surface area contributed by atoms with E-state index in [0.717, 1.165) is 16.1 Å². The summed E-state index contributed by atoms with van der Waals surface area (Å²) < 4.78 is 9.51. The predicted octanol–water partition coefficient (Wildman–Crippen LogP) is 5.97. The summed E-state index contributed by atoms with van der Waals surface area (Å²) in [4.78, 5) is 25.1. The molecule has 2 aromatic carbocycles. The van der Waals surface area contributed by atoms with Crippen LogP contribution in [0.1, 0.15) is 51.8 Å². The smallest absolute Gasteiger partial charge is 0.261 e. The number of benzene rings is 2. The van der Waals surface area contributed by atoms with Gasteiger partial charge in [-0.3, -0.25) is 4.79 Å². The fourth-order valence-electron chi connectivity index (χ4n) is 7.07. The number of aromatic nitrogens is 7. The van der Waals surface area contributed by atoms with Crippen molar-refractivity contribution < 1.29 is 9.22 Å². The molecule has 244 valence electrons. The van der Waals surface area contributed by atoms with E-state index in [-0.39, 0.29) is 16.0 Å². The van der Waals surface area contributed by atoms with Gasteiger partial charge in [-0.25, -0.2) is 14.5 Å². The summed E-state index contributed by atoms with van der Waals surface area (Å²) in [7, 11) is -3.14. The minimum Gasteiger partial charge on any atom is -0.402 e. The molecule has 0 radical (unpaired) electrons. The van der Waals surface area contributed by atoms with Crippen LogP contribution in [0.3, 0.4) is 0 Å². The minimum absolute atomic E-state index is 0.283. The van der Waals surface area contributed by atoms with Crippen LogP contribution in [0.5, 0.6) is 0 Å². The molecule has 2 atom stereocenters. The van der Waals surface area contributed by atoms with Crippen LogP contribution in [0.2, 0.25) is 15.2 Å². The van der Waals surface area contributed by atoms with Crippen molar-refractivity contribution >= 4 is 59.1 Å². The van der Waals surface area contributed by atoms with E-state index in [0.29, 0.717) is 27.9 Å². The summed E-state index contributed by atoms with van der Waals surface area (Å²) in [5, 5.41) is 18.4. The molecule has 0 bridgehead atoms. The molecule has 13 heteroatoms. The first kappa shape index (κ1) is 32.1. The standard InChI is InChI=1S/C35H34Cl2N8O2Si/c1-34(2,3)48(23-12-8-6-9-13-23,24-14-10-7-11-15-24)47-31-29(25-21-38-28-19-27(37)43-44(28)30(25)35(31,4)5)33(46)42-22-18-26(36)32(39-20-22)45-40-16-17-41-45/h6-21,29,31H,1-5H3,(H,42,46). The second-order valence-corrected chi connectivity index (χ2v) is 18.6. The second kappa shape index (κ2) is 11.9. The lowest BCUT2D eigenvalue weighted by molar-refractivity contribution is -0.120. The number of rotatable bonds is 7. The van der Waals surface area contributed by atoms with Gasteiger partial charge in [-0.1, -0.05) is 118 Å². The van der Waals surface area contributed by atoms with Crippen LogP contribution in [0.4, 0.5) is 5.69 Å². The van der Waals surface area contributed by atoms with E-state index in [9.17, 15) is 4.79 Å². The highest BCUT2D eigenvalue weighted by Crippen LogP contribution is 2.51. The molecule has 48 heavy (non-hydrogen) atoms. The fraction of sp³-hybridized carbons (Fsp3) is 0.257. The van der Waals surface area contributed by atoms with Crippen LogP contribution in [-0.2, 0) is 14.6 Å². The number of fused-ring (bicyclic) bond motifs is 3. The molecular weight excluding hydrogens is 663 g/mol. The lowest BCUT2D eigenvalue weighted by atomic mass is 9.85.